The maximum absolute atomic E-state index is 11.9. The molecule has 4 heteroatoms. The number of hydrogen-bond acceptors (Lipinski definition) is 3. The van der Waals surface area contributed by atoms with E-state index in [-0.39, 0.29) is 0 Å². The second-order valence-corrected chi connectivity index (χ2v) is 3.83. The Hall–Kier alpha value is -2.49. The number of hydrogen-bond donors (Lipinski definition) is 1. The van der Waals surface area contributed by atoms with Crippen LogP contribution in [0.25, 0.3) is 0 Å². The van der Waals surface area contributed by atoms with Crippen LogP contribution in [0.4, 0.5) is 16.2 Å². The maximum atomic E-state index is 11.9. The highest BCUT2D eigenvalue weighted by molar-refractivity contribution is 5.88. The van der Waals surface area contributed by atoms with Crippen molar-refractivity contribution in [1.82, 2.24) is 0 Å². The zero-order chi connectivity index (χ0) is 13.0. The van der Waals surface area contributed by atoms with E-state index in [1.807, 2.05) is 30.3 Å². The lowest BCUT2D eigenvalue weighted by Gasteiger charge is -2.16. The summed E-state index contributed by atoms with van der Waals surface area (Å²) in [6, 6.07) is 16.0. The lowest BCUT2D eigenvalue weighted by atomic mass is 10.3. The van der Waals surface area contributed by atoms with Crippen LogP contribution in [0.15, 0.2) is 54.6 Å². The van der Waals surface area contributed by atoms with Gasteiger partial charge in [0.05, 0.1) is 0 Å². The van der Waals surface area contributed by atoms with Gasteiger partial charge in [-0.25, -0.2) is 4.79 Å². The van der Waals surface area contributed by atoms with Gasteiger partial charge in [-0.1, -0.05) is 18.2 Å². The summed E-state index contributed by atoms with van der Waals surface area (Å²) in [5.74, 6) is 0.469. The average Bonchev–Trinajstić information content (AvgIpc) is 2.41. The molecule has 92 valence electrons. The van der Waals surface area contributed by atoms with Crippen molar-refractivity contribution < 1.29 is 9.53 Å². The van der Waals surface area contributed by atoms with Gasteiger partial charge in [0.25, 0.3) is 0 Å². The summed E-state index contributed by atoms with van der Waals surface area (Å²) in [5, 5.41) is 0. The number of carbonyl (C=O) groups is 1. The molecule has 0 aliphatic rings. The molecule has 0 bridgehead atoms. The van der Waals surface area contributed by atoms with Gasteiger partial charge in [-0.2, -0.15) is 0 Å². The first-order chi connectivity index (χ1) is 8.66. The molecule has 2 aromatic rings. The van der Waals surface area contributed by atoms with Crippen molar-refractivity contribution >= 4 is 17.5 Å². The molecular formula is C14H14N2O2. The van der Waals surface area contributed by atoms with Crippen molar-refractivity contribution in [2.75, 3.05) is 17.7 Å². The van der Waals surface area contributed by atoms with Crippen LogP contribution in [0.2, 0.25) is 0 Å². The smallest absolute Gasteiger partial charge is 0.410 e. The second-order valence-electron chi connectivity index (χ2n) is 3.83. The molecule has 0 heterocycles. The number of para-hydroxylation sites is 1. The Morgan fingerprint density at radius 3 is 2.28 bits per heavy atom. The minimum Gasteiger partial charge on any atom is -0.410 e. The van der Waals surface area contributed by atoms with Crippen LogP contribution in [0.1, 0.15) is 0 Å². The van der Waals surface area contributed by atoms with Gasteiger partial charge >= 0.3 is 6.09 Å². The zero-order valence-corrected chi connectivity index (χ0v) is 10.0. The fourth-order valence-electron chi connectivity index (χ4n) is 1.46. The maximum Gasteiger partial charge on any atom is 0.419 e. The number of ether oxygens (including phenoxy) is 1. The van der Waals surface area contributed by atoms with Crippen LogP contribution in [0.3, 0.4) is 0 Å². The van der Waals surface area contributed by atoms with Crippen molar-refractivity contribution in [3.05, 3.63) is 54.6 Å². The van der Waals surface area contributed by atoms with Crippen molar-refractivity contribution in [3.8, 4) is 5.75 Å². The predicted molar refractivity (Wildman–Crippen MR) is 71.7 cm³/mol. The number of nitrogen functional groups attached to an aromatic ring is 1. The van der Waals surface area contributed by atoms with Crippen LogP contribution in [-0.4, -0.2) is 13.1 Å². The third-order valence-corrected chi connectivity index (χ3v) is 2.50. The number of carbonyl (C=O) groups excluding carboxylic acids is 1. The summed E-state index contributed by atoms with van der Waals surface area (Å²) in [6.07, 6.45) is -0.439. The average molecular weight is 242 g/mol. The lowest BCUT2D eigenvalue weighted by Crippen LogP contribution is -2.29. The van der Waals surface area contributed by atoms with Crippen molar-refractivity contribution in [3.63, 3.8) is 0 Å². The monoisotopic (exact) mass is 242 g/mol. The van der Waals surface area contributed by atoms with Crippen molar-refractivity contribution in [2.45, 2.75) is 0 Å². The van der Waals surface area contributed by atoms with Gasteiger partial charge in [0.2, 0.25) is 0 Å². The number of anilines is 2. The van der Waals surface area contributed by atoms with E-state index in [0.717, 1.165) is 5.69 Å². The van der Waals surface area contributed by atoms with Gasteiger partial charge in [-0.3, -0.25) is 4.90 Å². The topological polar surface area (TPSA) is 55.6 Å². The minimum absolute atomic E-state index is 0.439. The van der Waals surface area contributed by atoms with Gasteiger partial charge < -0.3 is 10.5 Å². The van der Waals surface area contributed by atoms with Crippen LogP contribution in [-0.2, 0) is 0 Å². The standard InChI is InChI=1S/C14H14N2O2/c1-16(12-5-3-2-4-6-12)14(17)18-13-9-7-11(15)8-10-13/h2-10H,15H2,1H3. The van der Waals surface area contributed by atoms with Crippen LogP contribution in [0, 0.1) is 0 Å². The first-order valence-corrected chi connectivity index (χ1v) is 5.53. The van der Waals surface area contributed by atoms with Gasteiger partial charge in [0, 0.05) is 18.4 Å². The van der Waals surface area contributed by atoms with Gasteiger partial charge in [0.1, 0.15) is 5.75 Å². The molecule has 0 aliphatic heterocycles. The summed E-state index contributed by atoms with van der Waals surface area (Å²) < 4.78 is 5.22. The molecule has 0 atom stereocenters. The summed E-state index contributed by atoms with van der Waals surface area (Å²) in [5.41, 5.74) is 6.96. The van der Waals surface area contributed by atoms with E-state index in [4.69, 9.17) is 10.5 Å². The first kappa shape index (κ1) is 12.0. The SMILES string of the molecule is CN(C(=O)Oc1ccc(N)cc1)c1ccccc1. The van der Waals surface area contributed by atoms with Crippen molar-refractivity contribution in [1.29, 1.82) is 0 Å². The number of rotatable bonds is 2. The van der Waals surface area contributed by atoms with Gasteiger partial charge in [-0.15, -0.1) is 0 Å². The third-order valence-electron chi connectivity index (χ3n) is 2.50. The zero-order valence-electron chi connectivity index (χ0n) is 10.0. The molecule has 0 saturated heterocycles. The van der Waals surface area contributed by atoms with Gasteiger partial charge in [0.15, 0.2) is 0 Å². The van der Waals surface area contributed by atoms with E-state index in [1.54, 1.807) is 31.3 Å². The van der Waals surface area contributed by atoms with E-state index in [2.05, 4.69) is 0 Å². The molecule has 0 aliphatic carbocycles. The molecule has 0 fully saturated rings. The molecule has 2 N–H and O–H groups in total. The number of nitrogens with zero attached hydrogens (tertiary/aromatic N) is 1. The highest BCUT2D eigenvalue weighted by atomic mass is 16.6. The normalized spacial score (nSPS) is 9.83. The predicted octanol–water partition coefficient (Wildman–Crippen LogP) is 2.90. The summed E-state index contributed by atoms with van der Waals surface area (Å²) in [4.78, 5) is 13.3. The fourth-order valence-corrected chi connectivity index (χ4v) is 1.46. The lowest BCUT2D eigenvalue weighted by molar-refractivity contribution is 0.209. The Morgan fingerprint density at radius 1 is 1.06 bits per heavy atom. The largest absolute Gasteiger partial charge is 0.419 e. The molecule has 1 amide bonds. The Bertz CT molecular complexity index is 523. The highest BCUT2D eigenvalue weighted by Crippen LogP contribution is 2.16. The summed E-state index contributed by atoms with van der Waals surface area (Å²) in [6.45, 7) is 0. The molecule has 0 unspecified atom stereocenters. The van der Waals surface area contributed by atoms with E-state index < -0.39 is 6.09 Å². The van der Waals surface area contributed by atoms with E-state index in [1.165, 1.54) is 4.90 Å². The Labute approximate surface area is 106 Å². The van der Waals surface area contributed by atoms with Crippen LogP contribution >= 0.6 is 0 Å². The quantitative estimate of drug-likeness (QED) is 0.824. The molecule has 2 rings (SSSR count). The second kappa shape index (κ2) is 5.23. The number of amides is 1. The first-order valence-electron chi connectivity index (χ1n) is 5.53. The van der Waals surface area contributed by atoms with E-state index in [0.29, 0.717) is 11.4 Å². The molecule has 0 aromatic heterocycles. The molecule has 0 spiro atoms. The van der Waals surface area contributed by atoms with E-state index >= 15 is 0 Å². The molecule has 2 aromatic carbocycles. The Balaban J connectivity index is 2.06. The number of benzene rings is 2. The van der Waals surface area contributed by atoms with Crippen LogP contribution in [0.5, 0.6) is 5.75 Å². The van der Waals surface area contributed by atoms with E-state index in [9.17, 15) is 4.79 Å². The Morgan fingerprint density at radius 2 is 1.67 bits per heavy atom. The molecular weight excluding hydrogens is 228 g/mol. The molecule has 0 saturated carbocycles. The summed E-state index contributed by atoms with van der Waals surface area (Å²) in [7, 11) is 1.66. The van der Waals surface area contributed by atoms with Crippen LogP contribution < -0.4 is 15.4 Å². The Kier molecular flexibility index (Phi) is 3.48. The number of nitrogens with two attached hydrogens (primary N) is 1. The minimum atomic E-state index is -0.439. The fraction of sp³-hybridized carbons (Fsp3) is 0.0714. The van der Waals surface area contributed by atoms with Gasteiger partial charge in [-0.05, 0) is 36.4 Å². The van der Waals surface area contributed by atoms with Crippen molar-refractivity contribution in [2.24, 2.45) is 0 Å². The molecule has 4 nitrogen and oxygen atoms in total. The highest BCUT2D eigenvalue weighted by Gasteiger charge is 2.12. The summed E-state index contributed by atoms with van der Waals surface area (Å²) >= 11 is 0. The molecule has 18 heavy (non-hydrogen) atoms. The third kappa shape index (κ3) is 2.79. The molecule has 0 radical (unpaired) electrons.